The molecule has 0 fully saturated rings. The van der Waals surface area contributed by atoms with Crippen molar-refractivity contribution >= 4 is 11.6 Å². The van der Waals surface area contributed by atoms with Gasteiger partial charge in [-0.1, -0.05) is 0 Å². The molecule has 1 N–H and O–H groups in total. The van der Waals surface area contributed by atoms with Crippen molar-refractivity contribution in [1.29, 1.82) is 0 Å². The molecule has 0 radical (unpaired) electrons. The second kappa shape index (κ2) is 5.95. The smallest absolute Gasteiger partial charge is 0.272 e. The second-order valence-corrected chi connectivity index (χ2v) is 4.34. The van der Waals surface area contributed by atoms with Crippen LogP contribution in [0.1, 0.15) is 16.1 Å². The van der Waals surface area contributed by atoms with Crippen LogP contribution in [0.2, 0.25) is 0 Å². The average molecular weight is 256 g/mol. The van der Waals surface area contributed by atoms with E-state index in [0.717, 1.165) is 11.3 Å². The van der Waals surface area contributed by atoms with Crippen molar-refractivity contribution in [3.8, 4) is 0 Å². The van der Waals surface area contributed by atoms with E-state index < -0.39 is 0 Å². The van der Waals surface area contributed by atoms with Gasteiger partial charge in [-0.2, -0.15) is 0 Å². The van der Waals surface area contributed by atoms with Crippen LogP contribution in [0, 0.1) is 0 Å². The van der Waals surface area contributed by atoms with Crippen LogP contribution in [0.15, 0.2) is 42.9 Å². The number of amides is 1. The number of anilines is 1. The lowest BCUT2D eigenvalue weighted by atomic mass is 10.2. The van der Waals surface area contributed by atoms with Gasteiger partial charge in [-0.25, -0.2) is 0 Å². The summed E-state index contributed by atoms with van der Waals surface area (Å²) in [5.41, 5.74) is 2.44. The SMILES string of the molecule is CN(C)C(=O)c1cc(NCc2ccncc2)ccn1. The minimum atomic E-state index is -0.104. The van der Waals surface area contributed by atoms with Crippen LogP contribution in [0.25, 0.3) is 0 Å². The molecule has 0 aliphatic heterocycles. The number of hydrogen-bond donors (Lipinski definition) is 1. The van der Waals surface area contributed by atoms with Crippen LogP contribution in [0.4, 0.5) is 5.69 Å². The van der Waals surface area contributed by atoms with E-state index in [9.17, 15) is 4.79 Å². The maximum atomic E-state index is 11.8. The minimum Gasteiger partial charge on any atom is -0.381 e. The Hall–Kier alpha value is -2.43. The van der Waals surface area contributed by atoms with Crippen molar-refractivity contribution in [2.24, 2.45) is 0 Å². The largest absolute Gasteiger partial charge is 0.381 e. The molecule has 0 saturated heterocycles. The first-order valence-electron chi connectivity index (χ1n) is 5.97. The monoisotopic (exact) mass is 256 g/mol. The van der Waals surface area contributed by atoms with Crippen molar-refractivity contribution < 1.29 is 4.79 Å². The maximum absolute atomic E-state index is 11.8. The summed E-state index contributed by atoms with van der Waals surface area (Å²) < 4.78 is 0. The topological polar surface area (TPSA) is 58.1 Å². The molecule has 0 aromatic carbocycles. The second-order valence-electron chi connectivity index (χ2n) is 4.34. The van der Waals surface area contributed by atoms with Crippen LogP contribution in [0.3, 0.4) is 0 Å². The van der Waals surface area contributed by atoms with Gasteiger partial charge in [0.05, 0.1) is 0 Å². The molecule has 0 saturated carbocycles. The van der Waals surface area contributed by atoms with Gasteiger partial charge in [0.25, 0.3) is 5.91 Å². The van der Waals surface area contributed by atoms with Gasteiger partial charge in [-0.15, -0.1) is 0 Å². The Morgan fingerprint density at radius 3 is 2.63 bits per heavy atom. The minimum absolute atomic E-state index is 0.104. The van der Waals surface area contributed by atoms with Crippen LogP contribution < -0.4 is 5.32 Å². The Morgan fingerprint density at radius 2 is 1.95 bits per heavy atom. The van der Waals surface area contributed by atoms with Crippen molar-refractivity contribution in [2.75, 3.05) is 19.4 Å². The molecule has 19 heavy (non-hydrogen) atoms. The molecule has 2 aromatic rings. The number of carbonyl (C=O) groups excluding carboxylic acids is 1. The Morgan fingerprint density at radius 1 is 1.21 bits per heavy atom. The van der Waals surface area contributed by atoms with E-state index in [0.29, 0.717) is 12.2 Å². The third-order valence-electron chi connectivity index (χ3n) is 2.63. The first-order valence-corrected chi connectivity index (χ1v) is 5.97. The quantitative estimate of drug-likeness (QED) is 0.906. The summed E-state index contributed by atoms with van der Waals surface area (Å²) in [6, 6.07) is 7.48. The van der Waals surface area contributed by atoms with Crippen molar-refractivity contribution in [3.63, 3.8) is 0 Å². The van der Waals surface area contributed by atoms with E-state index in [4.69, 9.17) is 0 Å². The fraction of sp³-hybridized carbons (Fsp3) is 0.214. The van der Waals surface area contributed by atoms with Crippen molar-refractivity contribution in [3.05, 3.63) is 54.1 Å². The van der Waals surface area contributed by atoms with Gasteiger partial charge >= 0.3 is 0 Å². The number of aromatic nitrogens is 2. The van der Waals surface area contributed by atoms with E-state index in [1.54, 1.807) is 38.8 Å². The summed E-state index contributed by atoms with van der Waals surface area (Å²) in [5, 5.41) is 3.26. The summed E-state index contributed by atoms with van der Waals surface area (Å²) in [4.78, 5) is 21.4. The van der Waals surface area contributed by atoms with Crippen molar-refractivity contribution in [1.82, 2.24) is 14.9 Å². The zero-order chi connectivity index (χ0) is 13.7. The molecule has 0 atom stereocenters. The third kappa shape index (κ3) is 3.51. The highest BCUT2D eigenvalue weighted by Gasteiger charge is 2.09. The Kier molecular flexibility index (Phi) is 4.07. The molecular weight excluding hydrogens is 240 g/mol. The van der Waals surface area contributed by atoms with Gasteiger partial charge < -0.3 is 10.2 Å². The van der Waals surface area contributed by atoms with Gasteiger partial charge in [0.2, 0.25) is 0 Å². The van der Waals surface area contributed by atoms with E-state index in [2.05, 4.69) is 15.3 Å². The van der Waals surface area contributed by atoms with Gasteiger partial charge in [-0.3, -0.25) is 14.8 Å². The van der Waals surface area contributed by atoms with Crippen LogP contribution in [-0.2, 0) is 6.54 Å². The molecule has 0 bridgehead atoms. The lowest BCUT2D eigenvalue weighted by Gasteiger charge is -2.11. The molecule has 5 nitrogen and oxygen atoms in total. The molecule has 2 rings (SSSR count). The molecule has 0 aliphatic carbocycles. The Bertz CT molecular complexity index is 554. The van der Waals surface area contributed by atoms with E-state index in [1.165, 1.54) is 4.90 Å². The third-order valence-corrected chi connectivity index (χ3v) is 2.63. The van der Waals surface area contributed by atoms with E-state index in [1.807, 2.05) is 18.2 Å². The standard InChI is InChI=1S/C14H16N4O/c1-18(2)14(19)13-9-12(5-8-16-13)17-10-11-3-6-15-7-4-11/h3-9H,10H2,1-2H3,(H,16,17). The Balaban J connectivity index is 2.05. The highest BCUT2D eigenvalue weighted by molar-refractivity contribution is 5.92. The van der Waals surface area contributed by atoms with Crippen molar-refractivity contribution in [2.45, 2.75) is 6.54 Å². The van der Waals surface area contributed by atoms with Crippen LogP contribution in [0.5, 0.6) is 0 Å². The molecular formula is C14H16N4O. The number of rotatable bonds is 4. The van der Waals surface area contributed by atoms with E-state index in [-0.39, 0.29) is 5.91 Å². The highest BCUT2D eigenvalue weighted by Crippen LogP contribution is 2.10. The first-order chi connectivity index (χ1) is 9.16. The zero-order valence-corrected chi connectivity index (χ0v) is 11.0. The maximum Gasteiger partial charge on any atom is 0.272 e. The molecule has 0 spiro atoms. The molecule has 2 heterocycles. The molecule has 2 aromatic heterocycles. The number of hydrogen-bond acceptors (Lipinski definition) is 4. The number of carbonyl (C=O) groups is 1. The summed E-state index contributed by atoms with van der Waals surface area (Å²) in [6.07, 6.45) is 5.14. The lowest BCUT2D eigenvalue weighted by molar-refractivity contribution is 0.0822. The van der Waals surface area contributed by atoms with Gasteiger partial charge in [0.15, 0.2) is 0 Å². The lowest BCUT2D eigenvalue weighted by Crippen LogP contribution is -2.22. The molecule has 0 aliphatic rings. The normalized spacial score (nSPS) is 10.0. The summed E-state index contributed by atoms with van der Waals surface area (Å²) in [6.45, 7) is 0.683. The fourth-order valence-corrected chi connectivity index (χ4v) is 1.59. The Labute approximate surface area is 112 Å². The van der Waals surface area contributed by atoms with Gasteiger partial charge in [-0.05, 0) is 29.8 Å². The molecule has 0 unspecified atom stereocenters. The summed E-state index contributed by atoms with van der Waals surface area (Å²) in [7, 11) is 3.42. The summed E-state index contributed by atoms with van der Waals surface area (Å²) >= 11 is 0. The average Bonchev–Trinajstić information content (AvgIpc) is 2.45. The molecule has 98 valence electrons. The number of nitrogens with zero attached hydrogens (tertiary/aromatic N) is 3. The summed E-state index contributed by atoms with van der Waals surface area (Å²) in [5.74, 6) is -0.104. The fourth-order valence-electron chi connectivity index (χ4n) is 1.59. The van der Waals surface area contributed by atoms with Crippen LogP contribution >= 0.6 is 0 Å². The number of nitrogens with one attached hydrogen (secondary N) is 1. The van der Waals surface area contributed by atoms with E-state index >= 15 is 0 Å². The zero-order valence-electron chi connectivity index (χ0n) is 11.0. The predicted octanol–water partition coefficient (Wildman–Crippen LogP) is 1.79. The van der Waals surface area contributed by atoms with Gasteiger partial charge in [0, 0.05) is 44.9 Å². The van der Waals surface area contributed by atoms with Gasteiger partial charge in [0.1, 0.15) is 5.69 Å². The first kappa shape index (κ1) is 13.0. The van der Waals surface area contributed by atoms with Crippen LogP contribution in [-0.4, -0.2) is 34.9 Å². The predicted molar refractivity (Wildman–Crippen MR) is 73.8 cm³/mol. The molecule has 1 amide bonds. The molecule has 5 heteroatoms. The highest BCUT2D eigenvalue weighted by atomic mass is 16.2. The number of pyridine rings is 2.